The Morgan fingerprint density at radius 3 is 2.62 bits per heavy atom. The molecule has 0 aromatic heterocycles. The average molecular weight is 286 g/mol. The molecule has 1 aromatic carbocycles. The van der Waals surface area contributed by atoms with Gasteiger partial charge in [-0.2, -0.15) is 0 Å². The molecule has 1 rings (SSSR count). The number of halogens is 1. The lowest BCUT2D eigenvalue weighted by atomic mass is 10.0. The highest BCUT2D eigenvalue weighted by Gasteiger charge is 2.11. The summed E-state index contributed by atoms with van der Waals surface area (Å²) in [5.41, 5.74) is 0.938. The molecule has 2 N–H and O–H groups in total. The molecule has 0 saturated carbocycles. The molecule has 2 nitrogen and oxygen atoms in total. The quantitative estimate of drug-likeness (QED) is 0.865. The number of benzene rings is 1. The van der Waals surface area contributed by atoms with E-state index in [1.54, 1.807) is 0 Å². The van der Waals surface area contributed by atoms with E-state index in [1.807, 2.05) is 18.2 Å². The van der Waals surface area contributed by atoms with Crippen molar-refractivity contribution in [2.75, 3.05) is 0 Å². The first kappa shape index (κ1) is 13.5. The van der Waals surface area contributed by atoms with Crippen molar-refractivity contribution in [3.8, 4) is 5.75 Å². The molecule has 0 aliphatic rings. The molecule has 0 aliphatic heterocycles. The lowest BCUT2D eigenvalue weighted by molar-refractivity contribution is 0.382. The largest absolute Gasteiger partial charge is 0.506 e. The zero-order chi connectivity index (χ0) is 12.1. The smallest absolute Gasteiger partial charge is 0.134 e. The van der Waals surface area contributed by atoms with Crippen molar-refractivity contribution in [2.45, 2.75) is 39.8 Å². The van der Waals surface area contributed by atoms with E-state index >= 15 is 0 Å². The van der Waals surface area contributed by atoms with Crippen molar-refractivity contribution >= 4 is 15.9 Å². The van der Waals surface area contributed by atoms with Gasteiger partial charge in [-0.3, -0.25) is 0 Å². The number of hydrogen-bond donors (Lipinski definition) is 2. The maximum Gasteiger partial charge on any atom is 0.134 e. The van der Waals surface area contributed by atoms with Crippen LogP contribution in [0.1, 0.15) is 32.8 Å². The number of para-hydroxylation sites is 1. The fourth-order valence-corrected chi connectivity index (χ4v) is 2.20. The van der Waals surface area contributed by atoms with Crippen molar-refractivity contribution in [1.82, 2.24) is 5.32 Å². The second-order valence-corrected chi connectivity index (χ2v) is 5.24. The van der Waals surface area contributed by atoms with Crippen molar-refractivity contribution < 1.29 is 5.11 Å². The number of phenolic OH excluding ortho intramolecular Hbond substituents is 1. The Morgan fingerprint density at radius 2 is 2.06 bits per heavy atom. The number of rotatable bonds is 5. The van der Waals surface area contributed by atoms with Crippen LogP contribution in [-0.4, -0.2) is 11.1 Å². The van der Waals surface area contributed by atoms with Crippen molar-refractivity contribution in [1.29, 1.82) is 0 Å². The van der Waals surface area contributed by atoms with E-state index in [4.69, 9.17) is 0 Å². The zero-order valence-corrected chi connectivity index (χ0v) is 11.7. The maximum atomic E-state index is 9.83. The minimum absolute atomic E-state index is 0.341. The molecule has 0 amide bonds. The molecule has 0 radical (unpaired) electrons. The van der Waals surface area contributed by atoms with Crippen LogP contribution in [0.25, 0.3) is 0 Å². The number of phenols is 1. The van der Waals surface area contributed by atoms with Crippen LogP contribution in [0.3, 0.4) is 0 Å². The second kappa shape index (κ2) is 6.26. The summed E-state index contributed by atoms with van der Waals surface area (Å²) >= 11 is 3.32. The standard InChI is InChI=1S/C13H20BrNO/c1-4-12(9(2)3)15-8-10-6-5-7-11(14)13(10)16/h5-7,9,12,15-16H,4,8H2,1-3H3. The molecule has 3 heteroatoms. The highest BCUT2D eigenvalue weighted by molar-refractivity contribution is 9.10. The average Bonchev–Trinajstić information content (AvgIpc) is 2.24. The van der Waals surface area contributed by atoms with E-state index in [0.717, 1.165) is 16.5 Å². The molecule has 0 fully saturated rings. The van der Waals surface area contributed by atoms with Gasteiger partial charge < -0.3 is 10.4 Å². The van der Waals surface area contributed by atoms with Gasteiger partial charge in [0.25, 0.3) is 0 Å². The Labute approximate surface area is 106 Å². The molecule has 0 heterocycles. The van der Waals surface area contributed by atoms with Crippen LogP contribution in [-0.2, 0) is 6.54 Å². The van der Waals surface area contributed by atoms with Crippen LogP contribution in [0, 0.1) is 5.92 Å². The van der Waals surface area contributed by atoms with Crippen LogP contribution in [0.4, 0.5) is 0 Å². The first-order chi connectivity index (χ1) is 7.56. The van der Waals surface area contributed by atoms with E-state index < -0.39 is 0 Å². The summed E-state index contributed by atoms with van der Waals surface area (Å²) in [5, 5.41) is 13.3. The van der Waals surface area contributed by atoms with Crippen molar-refractivity contribution in [3.63, 3.8) is 0 Å². The maximum absolute atomic E-state index is 9.83. The molecule has 0 aliphatic carbocycles. The minimum Gasteiger partial charge on any atom is -0.506 e. The Hall–Kier alpha value is -0.540. The summed E-state index contributed by atoms with van der Waals surface area (Å²) in [6.07, 6.45) is 1.10. The lowest BCUT2D eigenvalue weighted by Crippen LogP contribution is -2.32. The van der Waals surface area contributed by atoms with Crippen LogP contribution in [0.5, 0.6) is 5.75 Å². The van der Waals surface area contributed by atoms with Crippen molar-refractivity contribution in [2.24, 2.45) is 5.92 Å². The minimum atomic E-state index is 0.341. The van der Waals surface area contributed by atoms with E-state index in [0.29, 0.717) is 24.3 Å². The molecular formula is C13H20BrNO. The molecule has 0 saturated heterocycles. The monoisotopic (exact) mass is 285 g/mol. The predicted octanol–water partition coefficient (Wildman–Crippen LogP) is 3.68. The third-order valence-electron chi connectivity index (χ3n) is 2.87. The fraction of sp³-hybridized carbons (Fsp3) is 0.538. The van der Waals surface area contributed by atoms with Gasteiger partial charge in [0.2, 0.25) is 0 Å². The number of aromatic hydroxyl groups is 1. The Bertz CT molecular complexity index is 339. The molecule has 0 spiro atoms. The third kappa shape index (κ3) is 3.49. The molecule has 90 valence electrons. The van der Waals surface area contributed by atoms with Gasteiger partial charge in [-0.05, 0) is 34.3 Å². The number of hydrogen-bond acceptors (Lipinski definition) is 2. The van der Waals surface area contributed by atoms with Gasteiger partial charge >= 0.3 is 0 Å². The first-order valence-corrected chi connectivity index (χ1v) is 6.55. The molecule has 0 bridgehead atoms. The molecule has 16 heavy (non-hydrogen) atoms. The fourth-order valence-electron chi connectivity index (χ4n) is 1.80. The second-order valence-electron chi connectivity index (χ2n) is 4.39. The van der Waals surface area contributed by atoms with Gasteiger partial charge in [0.05, 0.1) is 4.47 Å². The predicted molar refractivity (Wildman–Crippen MR) is 71.6 cm³/mol. The molecular weight excluding hydrogens is 266 g/mol. The highest BCUT2D eigenvalue weighted by Crippen LogP contribution is 2.27. The SMILES string of the molecule is CCC(NCc1cccc(Br)c1O)C(C)C. The summed E-state index contributed by atoms with van der Waals surface area (Å²) in [4.78, 5) is 0. The zero-order valence-electron chi connectivity index (χ0n) is 10.1. The van der Waals surface area contributed by atoms with Crippen LogP contribution < -0.4 is 5.32 Å². The van der Waals surface area contributed by atoms with Gasteiger partial charge in [-0.15, -0.1) is 0 Å². The molecule has 1 aromatic rings. The molecule has 1 atom stereocenters. The Balaban J connectivity index is 2.64. The highest BCUT2D eigenvalue weighted by atomic mass is 79.9. The van der Waals surface area contributed by atoms with Gasteiger partial charge in [0.1, 0.15) is 5.75 Å². The summed E-state index contributed by atoms with van der Waals surface area (Å²) in [5.74, 6) is 0.952. The van der Waals surface area contributed by atoms with E-state index in [-0.39, 0.29) is 0 Å². The van der Waals surface area contributed by atoms with Crippen molar-refractivity contribution in [3.05, 3.63) is 28.2 Å². The van der Waals surface area contributed by atoms with Gasteiger partial charge in [-0.1, -0.05) is 32.9 Å². The topological polar surface area (TPSA) is 32.3 Å². The molecule has 1 unspecified atom stereocenters. The van der Waals surface area contributed by atoms with Gasteiger partial charge in [0.15, 0.2) is 0 Å². The first-order valence-electron chi connectivity index (χ1n) is 5.76. The summed E-state index contributed by atoms with van der Waals surface area (Å²) in [6, 6.07) is 6.23. The van der Waals surface area contributed by atoms with Crippen LogP contribution >= 0.6 is 15.9 Å². The van der Waals surface area contributed by atoms with E-state index in [2.05, 4.69) is 42.0 Å². The summed E-state index contributed by atoms with van der Waals surface area (Å²) in [6.45, 7) is 7.31. The van der Waals surface area contributed by atoms with Gasteiger partial charge in [0, 0.05) is 18.2 Å². The lowest BCUT2D eigenvalue weighted by Gasteiger charge is -2.21. The summed E-state index contributed by atoms with van der Waals surface area (Å²) < 4.78 is 0.754. The Morgan fingerprint density at radius 1 is 1.38 bits per heavy atom. The Kier molecular flexibility index (Phi) is 5.29. The van der Waals surface area contributed by atoms with E-state index in [9.17, 15) is 5.11 Å². The van der Waals surface area contributed by atoms with E-state index in [1.165, 1.54) is 0 Å². The normalized spacial score (nSPS) is 13.1. The summed E-state index contributed by atoms with van der Waals surface area (Å²) in [7, 11) is 0. The van der Waals surface area contributed by atoms with Gasteiger partial charge in [-0.25, -0.2) is 0 Å². The third-order valence-corrected chi connectivity index (χ3v) is 3.51. The van der Waals surface area contributed by atoms with Crippen LogP contribution in [0.15, 0.2) is 22.7 Å². The number of nitrogens with one attached hydrogen (secondary N) is 1. The van der Waals surface area contributed by atoms with Crippen LogP contribution in [0.2, 0.25) is 0 Å².